The third-order valence-electron chi connectivity index (χ3n) is 5.84. The number of amides is 1. The highest BCUT2D eigenvalue weighted by atomic mass is 16.6. The van der Waals surface area contributed by atoms with Gasteiger partial charge in [0.25, 0.3) is 5.69 Å². The molecular formula is C24H24N2O5. The van der Waals surface area contributed by atoms with E-state index in [0.717, 1.165) is 17.7 Å². The van der Waals surface area contributed by atoms with Gasteiger partial charge in [-0.05, 0) is 42.0 Å². The van der Waals surface area contributed by atoms with Crippen molar-refractivity contribution in [2.45, 2.75) is 44.4 Å². The van der Waals surface area contributed by atoms with Gasteiger partial charge < -0.3 is 10.1 Å². The van der Waals surface area contributed by atoms with Crippen molar-refractivity contribution in [1.82, 2.24) is 5.32 Å². The number of carbonyl (C=O) groups is 2. The lowest BCUT2D eigenvalue weighted by atomic mass is 9.73. The van der Waals surface area contributed by atoms with E-state index in [0.29, 0.717) is 36.3 Å². The lowest BCUT2D eigenvalue weighted by Gasteiger charge is -2.34. The normalized spacial score (nSPS) is 20.8. The predicted octanol–water partition coefficient (Wildman–Crippen LogP) is 4.39. The fourth-order valence-electron chi connectivity index (χ4n) is 4.39. The lowest BCUT2D eigenvalue weighted by molar-refractivity contribution is -0.384. The molecule has 4 rings (SSSR count). The average Bonchev–Trinajstić information content (AvgIpc) is 2.77. The van der Waals surface area contributed by atoms with E-state index in [9.17, 15) is 19.7 Å². The zero-order chi connectivity index (χ0) is 22.0. The number of non-ortho nitro benzene ring substituents is 1. The summed E-state index contributed by atoms with van der Waals surface area (Å²) in [7, 11) is 0. The maximum absolute atomic E-state index is 13.2. The Hall–Kier alpha value is -3.48. The van der Waals surface area contributed by atoms with Crippen LogP contribution in [-0.4, -0.2) is 23.2 Å². The van der Waals surface area contributed by atoms with Crippen LogP contribution in [0.15, 0.2) is 59.8 Å². The summed E-state index contributed by atoms with van der Waals surface area (Å²) in [6.07, 6.45) is 1.93. The quantitative estimate of drug-likeness (QED) is 0.552. The number of carbonyl (C=O) groups excluding carboxylic acids is 2. The molecule has 0 radical (unpaired) electrons. The van der Waals surface area contributed by atoms with Gasteiger partial charge in [-0.25, -0.2) is 0 Å². The van der Waals surface area contributed by atoms with Gasteiger partial charge in [-0.2, -0.15) is 0 Å². The Morgan fingerprint density at radius 3 is 2.55 bits per heavy atom. The second-order valence-corrected chi connectivity index (χ2v) is 8.00. The molecule has 0 saturated heterocycles. The summed E-state index contributed by atoms with van der Waals surface area (Å²) in [6, 6.07) is 14.0. The number of nitro groups is 1. The van der Waals surface area contributed by atoms with Crippen LogP contribution in [0.5, 0.6) is 5.75 Å². The number of ether oxygens (including phenoxy) is 1. The molecule has 2 aromatic carbocycles. The number of nitrogens with zero attached hydrogens (tertiary/aromatic N) is 1. The van der Waals surface area contributed by atoms with Crippen LogP contribution in [-0.2, 0) is 9.59 Å². The molecule has 2 atom stereocenters. The maximum atomic E-state index is 13.2. The fourth-order valence-corrected chi connectivity index (χ4v) is 4.39. The molecule has 7 nitrogen and oxygen atoms in total. The zero-order valence-electron chi connectivity index (χ0n) is 17.3. The number of nitrogens with one attached hydrogen (secondary N) is 1. The first-order valence-corrected chi connectivity index (χ1v) is 10.5. The molecule has 0 spiro atoms. The number of hydrogen-bond donors (Lipinski definition) is 1. The molecule has 0 fully saturated rings. The van der Waals surface area contributed by atoms with Gasteiger partial charge in [0.05, 0.1) is 11.5 Å². The number of ketones is 1. The summed E-state index contributed by atoms with van der Waals surface area (Å²) in [4.78, 5) is 36.3. The van der Waals surface area contributed by atoms with Crippen LogP contribution in [0.25, 0.3) is 0 Å². The van der Waals surface area contributed by atoms with Gasteiger partial charge in [0.2, 0.25) is 5.91 Å². The summed E-state index contributed by atoms with van der Waals surface area (Å²) in [5, 5.41) is 14.1. The Morgan fingerprint density at radius 1 is 1.06 bits per heavy atom. The van der Waals surface area contributed by atoms with Crippen molar-refractivity contribution in [2.75, 3.05) is 6.61 Å². The van der Waals surface area contributed by atoms with Gasteiger partial charge in [0, 0.05) is 42.2 Å². The van der Waals surface area contributed by atoms with Gasteiger partial charge in [0.1, 0.15) is 5.75 Å². The minimum absolute atomic E-state index is 0.0194. The minimum Gasteiger partial charge on any atom is -0.494 e. The number of nitro benzene ring substituents is 1. The number of rotatable bonds is 6. The van der Waals surface area contributed by atoms with E-state index in [1.54, 1.807) is 12.1 Å². The van der Waals surface area contributed by atoms with Crippen molar-refractivity contribution < 1.29 is 19.2 Å². The molecule has 0 saturated carbocycles. The van der Waals surface area contributed by atoms with Gasteiger partial charge in [0.15, 0.2) is 5.78 Å². The SMILES string of the molecule is CCCOc1ccc(C2CC(=O)C3=C(C2)NC(=O)CC3c2cccc([N+](=O)[O-])c2)cc1. The van der Waals surface area contributed by atoms with Gasteiger partial charge >= 0.3 is 0 Å². The number of hydrogen-bond acceptors (Lipinski definition) is 5. The number of Topliss-reactive ketones (excluding diaryl/α,β-unsaturated/α-hetero) is 1. The molecule has 2 aromatic rings. The van der Waals surface area contributed by atoms with Crippen LogP contribution in [0.4, 0.5) is 5.69 Å². The molecule has 1 aliphatic heterocycles. The maximum Gasteiger partial charge on any atom is 0.269 e. The third kappa shape index (κ3) is 4.35. The van der Waals surface area contributed by atoms with Crippen molar-refractivity contribution in [3.05, 3.63) is 81.0 Å². The van der Waals surface area contributed by atoms with Crippen LogP contribution in [0.2, 0.25) is 0 Å². The molecule has 1 heterocycles. The summed E-state index contributed by atoms with van der Waals surface area (Å²) in [5.74, 6) is 0.114. The van der Waals surface area contributed by atoms with Crippen LogP contribution in [0, 0.1) is 10.1 Å². The van der Waals surface area contributed by atoms with E-state index < -0.39 is 10.8 Å². The van der Waals surface area contributed by atoms with Crippen LogP contribution in [0.3, 0.4) is 0 Å². The summed E-state index contributed by atoms with van der Waals surface area (Å²) >= 11 is 0. The van der Waals surface area contributed by atoms with Gasteiger partial charge in [-0.3, -0.25) is 19.7 Å². The van der Waals surface area contributed by atoms with E-state index in [-0.39, 0.29) is 29.7 Å². The van der Waals surface area contributed by atoms with Crippen LogP contribution in [0.1, 0.15) is 55.6 Å². The zero-order valence-corrected chi connectivity index (χ0v) is 17.3. The standard InChI is InChI=1S/C24H24N2O5/c1-2-10-31-19-8-6-15(7-9-19)17-12-21-24(22(27)13-17)20(14-23(28)25-21)16-4-3-5-18(11-16)26(29)30/h3-9,11,17,20H,2,10,12-14H2,1H3,(H,25,28). The average molecular weight is 420 g/mol. The van der Waals surface area contributed by atoms with Crippen LogP contribution >= 0.6 is 0 Å². The highest BCUT2D eigenvalue weighted by Crippen LogP contribution is 2.43. The second kappa shape index (κ2) is 8.71. The summed E-state index contributed by atoms with van der Waals surface area (Å²) in [5.41, 5.74) is 2.83. The summed E-state index contributed by atoms with van der Waals surface area (Å²) < 4.78 is 5.63. The Balaban J connectivity index is 1.62. The second-order valence-electron chi connectivity index (χ2n) is 8.00. The first-order valence-electron chi connectivity index (χ1n) is 10.5. The molecule has 160 valence electrons. The molecular weight excluding hydrogens is 396 g/mol. The van der Waals surface area contributed by atoms with E-state index in [4.69, 9.17) is 4.74 Å². The Bertz CT molecular complexity index is 1060. The molecule has 1 amide bonds. The Kier molecular flexibility index (Phi) is 5.84. The molecule has 0 bridgehead atoms. The van der Waals surface area contributed by atoms with Crippen LogP contribution < -0.4 is 10.1 Å². The van der Waals surface area contributed by atoms with Crippen molar-refractivity contribution >= 4 is 17.4 Å². The van der Waals surface area contributed by atoms with E-state index >= 15 is 0 Å². The smallest absolute Gasteiger partial charge is 0.269 e. The van der Waals surface area contributed by atoms with E-state index in [2.05, 4.69) is 5.32 Å². The third-order valence-corrected chi connectivity index (χ3v) is 5.84. The van der Waals surface area contributed by atoms with Crippen molar-refractivity contribution in [3.63, 3.8) is 0 Å². The molecule has 1 aliphatic carbocycles. The predicted molar refractivity (Wildman–Crippen MR) is 115 cm³/mol. The topological polar surface area (TPSA) is 98.5 Å². The van der Waals surface area contributed by atoms with Gasteiger partial charge in [-0.1, -0.05) is 31.2 Å². The number of benzene rings is 2. The number of allylic oxidation sites excluding steroid dienone is 2. The monoisotopic (exact) mass is 420 g/mol. The Labute approximate surface area is 180 Å². The largest absolute Gasteiger partial charge is 0.494 e. The lowest BCUT2D eigenvalue weighted by Crippen LogP contribution is -2.38. The highest BCUT2D eigenvalue weighted by molar-refractivity contribution is 6.02. The molecule has 31 heavy (non-hydrogen) atoms. The summed E-state index contributed by atoms with van der Waals surface area (Å²) in [6.45, 7) is 2.70. The van der Waals surface area contributed by atoms with Crippen molar-refractivity contribution in [1.29, 1.82) is 0 Å². The molecule has 2 unspecified atom stereocenters. The minimum atomic E-state index is -0.464. The highest BCUT2D eigenvalue weighted by Gasteiger charge is 2.38. The molecule has 2 aliphatic rings. The van der Waals surface area contributed by atoms with E-state index in [1.165, 1.54) is 12.1 Å². The molecule has 1 N–H and O–H groups in total. The van der Waals surface area contributed by atoms with E-state index in [1.807, 2.05) is 31.2 Å². The molecule has 0 aromatic heterocycles. The van der Waals surface area contributed by atoms with Crippen molar-refractivity contribution in [2.24, 2.45) is 0 Å². The van der Waals surface area contributed by atoms with Crippen molar-refractivity contribution in [3.8, 4) is 5.75 Å². The fraction of sp³-hybridized carbons (Fsp3) is 0.333. The first kappa shape index (κ1) is 20.8. The Morgan fingerprint density at radius 2 is 1.84 bits per heavy atom. The van der Waals surface area contributed by atoms with Gasteiger partial charge in [-0.15, -0.1) is 0 Å². The first-order chi connectivity index (χ1) is 15.0. The molecule has 7 heteroatoms.